The summed E-state index contributed by atoms with van der Waals surface area (Å²) in [6.07, 6.45) is -0.609. The zero-order valence-electron chi connectivity index (χ0n) is 10.7. The van der Waals surface area contributed by atoms with Crippen molar-refractivity contribution in [2.45, 2.75) is 20.0 Å². The number of hydrogen-bond acceptors (Lipinski definition) is 2. The van der Waals surface area contributed by atoms with Gasteiger partial charge in [-0.05, 0) is 49.2 Å². The molecule has 0 fully saturated rings. The third-order valence-electron chi connectivity index (χ3n) is 2.74. The molecule has 4 heteroatoms. The summed E-state index contributed by atoms with van der Waals surface area (Å²) in [4.78, 5) is 0. The quantitative estimate of drug-likeness (QED) is 0.888. The van der Waals surface area contributed by atoms with E-state index in [2.05, 4.69) is 0 Å². The first-order chi connectivity index (χ1) is 8.97. The van der Waals surface area contributed by atoms with Crippen molar-refractivity contribution in [3.8, 4) is 11.5 Å². The average molecular weight is 281 g/mol. The number of rotatable bonds is 3. The van der Waals surface area contributed by atoms with Crippen LogP contribution in [0.1, 0.15) is 24.2 Å². The van der Waals surface area contributed by atoms with Gasteiger partial charge in [0.15, 0.2) is 11.6 Å². The Morgan fingerprint density at radius 2 is 1.89 bits per heavy atom. The summed E-state index contributed by atoms with van der Waals surface area (Å²) in [7, 11) is 0. The SMILES string of the molecule is Cc1ccc(F)c(Oc2ccc([C@@H](C)O)cc2Cl)c1. The van der Waals surface area contributed by atoms with Crippen molar-refractivity contribution in [1.82, 2.24) is 0 Å². The van der Waals surface area contributed by atoms with Crippen LogP contribution in [0.15, 0.2) is 36.4 Å². The van der Waals surface area contributed by atoms with E-state index in [9.17, 15) is 9.50 Å². The highest BCUT2D eigenvalue weighted by molar-refractivity contribution is 6.32. The van der Waals surface area contributed by atoms with Gasteiger partial charge < -0.3 is 9.84 Å². The molecule has 0 saturated heterocycles. The lowest BCUT2D eigenvalue weighted by molar-refractivity contribution is 0.199. The first-order valence-corrected chi connectivity index (χ1v) is 6.26. The highest BCUT2D eigenvalue weighted by atomic mass is 35.5. The van der Waals surface area contributed by atoms with E-state index in [1.807, 2.05) is 6.92 Å². The van der Waals surface area contributed by atoms with E-state index in [1.165, 1.54) is 6.07 Å². The van der Waals surface area contributed by atoms with Gasteiger partial charge in [-0.1, -0.05) is 23.7 Å². The first-order valence-electron chi connectivity index (χ1n) is 5.89. The summed E-state index contributed by atoms with van der Waals surface area (Å²) in [5.74, 6) is 0.0449. The molecule has 0 aliphatic heterocycles. The molecule has 0 aliphatic rings. The Balaban J connectivity index is 2.31. The number of ether oxygens (including phenoxy) is 1. The van der Waals surface area contributed by atoms with Crippen LogP contribution in [0.25, 0.3) is 0 Å². The lowest BCUT2D eigenvalue weighted by Crippen LogP contribution is -1.93. The van der Waals surface area contributed by atoms with Gasteiger partial charge in [-0.25, -0.2) is 4.39 Å². The van der Waals surface area contributed by atoms with Crippen molar-refractivity contribution >= 4 is 11.6 Å². The molecule has 2 rings (SSSR count). The Labute approximate surface area is 116 Å². The normalized spacial score (nSPS) is 12.3. The van der Waals surface area contributed by atoms with Crippen LogP contribution in [0.2, 0.25) is 5.02 Å². The lowest BCUT2D eigenvalue weighted by Gasteiger charge is -2.11. The second kappa shape index (κ2) is 5.59. The molecule has 100 valence electrons. The molecule has 1 atom stereocenters. The van der Waals surface area contributed by atoms with Crippen LogP contribution >= 0.6 is 11.6 Å². The number of hydrogen-bond donors (Lipinski definition) is 1. The Kier molecular flexibility index (Phi) is 4.08. The standard InChI is InChI=1S/C15H14ClFO2/c1-9-3-5-13(17)15(7-9)19-14-6-4-11(10(2)18)8-12(14)16/h3-8,10,18H,1-2H3/t10-/m1/s1. The molecular formula is C15H14ClFO2. The Hall–Kier alpha value is -1.58. The summed E-state index contributed by atoms with van der Waals surface area (Å²) in [6, 6.07) is 9.54. The molecule has 0 saturated carbocycles. The van der Waals surface area contributed by atoms with E-state index in [0.29, 0.717) is 16.3 Å². The summed E-state index contributed by atoms with van der Waals surface area (Å²) in [5, 5.41) is 9.78. The molecule has 19 heavy (non-hydrogen) atoms. The summed E-state index contributed by atoms with van der Waals surface area (Å²) in [5.41, 5.74) is 1.58. The number of aryl methyl sites for hydroxylation is 1. The molecule has 0 bridgehead atoms. The predicted molar refractivity (Wildman–Crippen MR) is 73.3 cm³/mol. The minimum absolute atomic E-state index is 0.131. The van der Waals surface area contributed by atoms with Crippen molar-refractivity contribution in [2.24, 2.45) is 0 Å². The molecule has 2 aromatic carbocycles. The maximum atomic E-state index is 13.6. The molecule has 0 unspecified atom stereocenters. The van der Waals surface area contributed by atoms with Gasteiger partial charge in [-0.2, -0.15) is 0 Å². The van der Waals surface area contributed by atoms with Crippen LogP contribution in [0.5, 0.6) is 11.5 Å². The second-order valence-corrected chi connectivity index (χ2v) is 4.81. The number of aliphatic hydroxyl groups excluding tert-OH is 1. The van der Waals surface area contributed by atoms with E-state index < -0.39 is 11.9 Å². The zero-order valence-corrected chi connectivity index (χ0v) is 11.4. The van der Waals surface area contributed by atoms with Crippen molar-refractivity contribution < 1.29 is 14.2 Å². The molecule has 2 nitrogen and oxygen atoms in total. The third kappa shape index (κ3) is 3.25. The van der Waals surface area contributed by atoms with Crippen molar-refractivity contribution in [3.05, 3.63) is 58.4 Å². The molecular weight excluding hydrogens is 267 g/mol. The maximum Gasteiger partial charge on any atom is 0.165 e. The first kappa shape index (κ1) is 13.8. The zero-order chi connectivity index (χ0) is 14.0. The Morgan fingerprint density at radius 1 is 1.16 bits per heavy atom. The van der Waals surface area contributed by atoms with Gasteiger partial charge in [0.2, 0.25) is 0 Å². The van der Waals surface area contributed by atoms with Gasteiger partial charge >= 0.3 is 0 Å². The van der Waals surface area contributed by atoms with Crippen LogP contribution in [0, 0.1) is 12.7 Å². The molecule has 0 radical (unpaired) electrons. The summed E-state index contributed by atoms with van der Waals surface area (Å²) in [6.45, 7) is 3.50. The van der Waals surface area contributed by atoms with E-state index in [0.717, 1.165) is 5.56 Å². The van der Waals surface area contributed by atoms with Crippen molar-refractivity contribution in [2.75, 3.05) is 0 Å². The van der Waals surface area contributed by atoms with E-state index >= 15 is 0 Å². The lowest BCUT2D eigenvalue weighted by atomic mass is 10.1. The van der Waals surface area contributed by atoms with Gasteiger partial charge in [-0.3, -0.25) is 0 Å². The highest BCUT2D eigenvalue weighted by Gasteiger charge is 2.10. The second-order valence-electron chi connectivity index (χ2n) is 4.40. The molecule has 0 aliphatic carbocycles. The Morgan fingerprint density at radius 3 is 2.53 bits per heavy atom. The molecule has 2 aromatic rings. The van der Waals surface area contributed by atoms with Gasteiger partial charge in [-0.15, -0.1) is 0 Å². The summed E-state index contributed by atoms with van der Waals surface area (Å²) < 4.78 is 19.1. The largest absolute Gasteiger partial charge is 0.453 e. The predicted octanol–water partition coefficient (Wildman–Crippen LogP) is 4.63. The van der Waals surface area contributed by atoms with Crippen LogP contribution in [0.3, 0.4) is 0 Å². The molecule has 0 heterocycles. The van der Waals surface area contributed by atoms with Gasteiger partial charge in [0.1, 0.15) is 5.75 Å². The topological polar surface area (TPSA) is 29.5 Å². The molecule has 0 aromatic heterocycles. The summed E-state index contributed by atoms with van der Waals surface area (Å²) >= 11 is 6.06. The van der Waals surface area contributed by atoms with Gasteiger partial charge in [0.05, 0.1) is 11.1 Å². The molecule has 0 spiro atoms. The van der Waals surface area contributed by atoms with Crippen molar-refractivity contribution in [1.29, 1.82) is 0 Å². The van der Waals surface area contributed by atoms with Crippen LogP contribution in [0.4, 0.5) is 4.39 Å². The third-order valence-corrected chi connectivity index (χ3v) is 3.04. The number of halogens is 2. The van der Waals surface area contributed by atoms with Crippen LogP contribution in [-0.4, -0.2) is 5.11 Å². The smallest absolute Gasteiger partial charge is 0.165 e. The minimum atomic E-state index is -0.609. The minimum Gasteiger partial charge on any atom is -0.453 e. The maximum absolute atomic E-state index is 13.6. The van der Waals surface area contributed by atoms with Crippen molar-refractivity contribution in [3.63, 3.8) is 0 Å². The molecule has 1 N–H and O–H groups in total. The number of benzene rings is 2. The van der Waals surface area contributed by atoms with E-state index in [1.54, 1.807) is 37.3 Å². The van der Waals surface area contributed by atoms with Gasteiger partial charge in [0, 0.05) is 0 Å². The van der Waals surface area contributed by atoms with Crippen LogP contribution in [-0.2, 0) is 0 Å². The average Bonchev–Trinajstić information content (AvgIpc) is 2.36. The molecule has 0 amide bonds. The van der Waals surface area contributed by atoms with Crippen LogP contribution < -0.4 is 4.74 Å². The fourth-order valence-corrected chi connectivity index (χ4v) is 1.89. The fraction of sp³-hybridized carbons (Fsp3) is 0.200. The van der Waals surface area contributed by atoms with E-state index in [-0.39, 0.29) is 5.75 Å². The number of aliphatic hydroxyl groups is 1. The fourth-order valence-electron chi connectivity index (χ4n) is 1.67. The monoisotopic (exact) mass is 280 g/mol. The highest BCUT2D eigenvalue weighted by Crippen LogP contribution is 2.33. The van der Waals surface area contributed by atoms with E-state index in [4.69, 9.17) is 16.3 Å². The Bertz CT molecular complexity index is 597. The van der Waals surface area contributed by atoms with Gasteiger partial charge in [0.25, 0.3) is 0 Å².